The zero-order valence-electron chi connectivity index (χ0n) is 9.81. The van der Waals surface area contributed by atoms with Crippen LogP contribution in [0.15, 0.2) is 18.2 Å². The standard InChI is InChI=1S/C12H16N2O2S/c1-9(15)11-3-2-10(8-12(11)13)14-4-6-17(16)7-5-14/h2-3,8H,4-7,13H2,1H3. The van der Waals surface area contributed by atoms with E-state index in [1.54, 1.807) is 6.07 Å². The van der Waals surface area contributed by atoms with Crippen LogP contribution in [0.2, 0.25) is 0 Å². The SMILES string of the molecule is CC(=O)c1ccc(N2CCS(=O)CC2)cc1N. The third-order valence-corrected chi connectivity index (χ3v) is 4.23. The van der Waals surface area contributed by atoms with Crippen LogP contribution in [0, 0.1) is 0 Å². The number of anilines is 2. The number of benzene rings is 1. The van der Waals surface area contributed by atoms with Crippen LogP contribution in [-0.2, 0) is 10.8 Å². The summed E-state index contributed by atoms with van der Waals surface area (Å²) >= 11 is 0. The second-order valence-electron chi connectivity index (χ2n) is 4.16. The molecular formula is C12H16N2O2S. The van der Waals surface area contributed by atoms with Crippen molar-refractivity contribution in [1.29, 1.82) is 0 Å². The Bertz CT molecular complexity index is 464. The first-order valence-electron chi connectivity index (χ1n) is 5.58. The number of nitrogens with zero attached hydrogens (tertiary/aromatic N) is 1. The zero-order chi connectivity index (χ0) is 12.4. The highest BCUT2D eigenvalue weighted by atomic mass is 32.2. The van der Waals surface area contributed by atoms with E-state index in [2.05, 4.69) is 4.90 Å². The van der Waals surface area contributed by atoms with Crippen molar-refractivity contribution >= 4 is 28.0 Å². The van der Waals surface area contributed by atoms with Gasteiger partial charge in [0.2, 0.25) is 0 Å². The van der Waals surface area contributed by atoms with E-state index in [0.29, 0.717) is 22.8 Å². The molecule has 92 valence electrons. The van der Waals surface area contributed by atoms with E-state index in [4.69, 9.17) is 5.73 Å². The van der Waals surface area contributed by atoms with Crippen LogP contribution in [0.4, 0.5) is 11.4 Å². The quantitative estimate of drug-likeness (QED) is 0.631. The van der Waals surface area contributed by atoms with Crippen molar-refractivity contribution in [3.63, 3.8) is 0 Å². The second-order valence-corrected chi connectivity index (χ2v) is 5.86. The summed E-state index contributed by atoms with van der Waals surface area (Å²) in [5.74, 6) is 1.39. The fourth-order valence-electron chi connectivity index (χ4n) is 1.96. The number of rotatable bonds is 2. The summed E-state index contributed by atoms with van der Waals surface area (Å²) < 4.78 is 11.3. The van der Waals surface area contributed by atoms with Crippen LogP contribution >= 0.6 is 0 Å². The molecule has 17 heavy (non-hydrogen) atoms. The second kappa shape index (κ2) is 4.87. The Morgan fingerprint density at radius 3 is 2.53 bits per heavy atom. The first-order chi connectivity index (χ1) is 8.08. The lowest BCUT2D eigenvalue weighted by molar-refractivity contribution is 0.101. The van der Waals surface area contributed by atoms with E-state index in [0.717, 1.165) is 18.8 Å². The van der Waals surface area contributed by atoms with Gasteiger partial charge < -0.3 is 10.6 Å². The molecule has 0 aromatic heterocycles. The fraction of sp³-hybridized carbons (Fsp3) is 0.417. The maximum Gasteiger partial charge on any atom is 0.161 e. The average Bonchev–Trinajstić information content (AvgIpc) is 2.29. The minimum absolute atomic E-state index is 0.0196. The molecule has 1 aliphatic heterocycles. The number of hydrogen-bond acceptors (Lipinski definition) is 4. The highest BCUT2D eigenvalue weighted by Gasteiger charge is 2.16. The summed E-state index contributed by atoms with van der Waals surface area (Å²) in [5, 5.41) is 0. The van der Waals surface area contributed by atoms with Crippen LogP contribution in [0.1, 0.15) is 17.3 Å². The predicted molar refractivity (Wildman–Crippen MR) is 70.9 cm³/mol. The average molecular weight is 252 g/mol. The van der Waals surface area contributed by atoms with E-state index < -0.39 is 10.8 Å². The molecule has 1 aromatic carbocycles. The lowest BCUT2D eigenvalue weighted by atomic mass is 10.1. The van der Waals surface area contributed by atoms with Crippen molar-refractivity contribution in [2.45, 2.75) is 6.92 Å². The lowest BCUT2D eigenvalue weighted by Crippen LogP contribution is -2.37. The molecule has 1 aliphatic rings. The Morgan fingerprint density at radius 2 is 2.00 bits per heavy atom. The molecule has 0 bridgehead atoms. The van der Waals surface area contributed by atoms with Gasteiger partial charge in [-0.05, 0) is 25.1 Å². The monoisotopic (exact) mass is 252 g/mol. The Hall–Kier alpha value is -1.36. The number of carbonyl (C=O) groups excluding carboxylic acids is 1. The van der Waals surface area contributed by atoms with Crippen LogP contribution in [-0.4, -0.2) is 34.6 Å². The molecule has 1 saturated heterocycles. The van der Waals surface area contributed by atoms with Gasteiger partial charge >= 0.3 is 0 Å². The summed E-state index contributed by atoms with van der Waals surface area (Å²) in [7, 11) is -0.679. The Morgan fingerprint density at radius 1 is 1.35 bits per heavy atom. The molecule has 0 aliphatic carbocycles. The third kappa shape index (κ3) is 2.66. The van der Waals surface area contributed by atoms with E-state index in [1.165, 1.54) is 6.92 Å². The predicted octanol–water partition coefficient (Wildman–Crippen LogP) is 1.04. The highest BCUT2D eigenvalue weighted by Crippen LogP contribution is 2.22. The molecule has 0 saturated carbocycles. The molecule has 0 amide bonds. The molecule has 1 heterocycles. The summed E-state index contributed by atoms with van der Waals surface area (Å²) in [6.45, 7) is 3.08. The largest absolute Gasteiger partial charge is 0.398 e. The third-order valence-electron chi connectivity index (χ3n) is 2.96. The van der Waals surface area contributed by atoms with Gasteiger partial charge in [-0.3, -0.25) is 9.00 Å². The van der Waals surface area contributed by atoms with Crippen LogP contribution in [0.3, 0.4) is 0 Å². The number of ketones is 1. The van der Waals surface area contributed by atoms with Crippen molar-refractivity contribution in [3.05, 3.63) is 23.8 Å². The first kappa shape index (κ1) is 12.1. The van der Waals surface area contributed by atoms with Crippen molar-refractivity contribution in [2.75, 3.05) is 35.2 Å². The normalized spacial score (nSPS) is 17.1. The summed E-state index contributed by atoms with van der Waals surface area (Å²) in [6.07, 6.45) is 0. The minimum Gasteiger partial charge on any atom is -0.398 e. The fourth-order valence-corrected chi connectivity index (χ4v) is 3.02. The van der Waals surface area contributed by atoms with Crippen molar-refractivity contribution in [3.8, 4) is 0 Å². The minimum atomic E-state index is -0.679. The molecule has 0 unspecified atom stereocenters. The van der Waals surface area contributed by atoms with Gasteiger partial charge in [-0.2, -0.15) is 0 Å². The van der Waals surface area contributed by atoms with Gasteiger partial charge in [0.1, 0.15) is 0 Å². The van der Waals surface area contributed by atoms with Crippen molar-refractivity contribution < 1.29 is 9.00 Å². The Balaban J connectivity index is 2.20. The molecule has 0 radical (unpaired) electrons. The van der Waals surface area contributed by atoms with Gasteiger partial charge in [0.15, 0.2) is 5.78 Å². The maximum absolute atomic E-state index is 11.3. The Labute approximate surface area is 103 Å². The molecule has 2 rings (SSSR count). The number of nitrogens with two attached hydrogens (primary N) is 1. The van der Waals surface area contributed by atoms with E-state index in [-0.39, 0.29) is 5.78 Å². The molecule has 4 nitrogen and oxygen atoms in total. The van der Waals surface area contributed by atoms with E-state index in [1.807, 2.05) is 12.1 Å². The maximum atomic E-state index is 11.3. The summed E-state index contributed by atoms with van der Waals surface area (Å²) in [5.41, 5.74) is 7.93. The van der Waals surface area contributed by atoms with Crippen LogP contribution in [0.25, 0.3) is 0 Å². The van der Waals surface area contributed by atoms with Gasteiger partial charge in [0.25, 0.3) is 0 Å². The Kier molecular flexibility index (Phi) is 3.47. The molecule has 0 atom stereocenters. The lowest BCUT2D eigenvalue weighted by Gasteiger charge is -2.28. The van der Waals surface area contributed by atoms with Crippen molar-refractivity contribution in [2.24, 2.45) is 0 Å². The molecule has 2 N–H and O–H groups in total. The topological polar surface area (TPSA) is 63.4 Å². The zero-order valence-corrected chi connectivity index (χ0v) is 10.6. The van der Waals surface area contributed by atoms with Crippen LogP contribution < -0.4 is 10.6 Å². The molecule has 5 heteroatoms. The summed E-state index contributed by atoms with van der Waals surface area (Å²) in [6, 6.07) is 5.49. The highest BCUT2D eigenvalue weighted by molar-refractivity contribution is 7.85. The van der Waals surface area contributed by atoms with Crippen LogP contribution in [0.5, 0.6) is 0 Å². The molecule has 0 spiro atoms. The molecule has 1 fully saturated rings. The number of nitrogen functional groups attached to an aromatic ring is 1. The van der Waals surface area contributed by atoms with E-state index in [9.17, 15) is 9.00 Å². The number of carbonyl (C=O) groups is 1. The molecule has 1 aromatic rings. The first-order valence-corrected chi connectivity index (χ1v) is 7.07. The van der Waals surface area contributed by atoms with Gasteiger partial charge in [-0.15, -0.1) is 0 Å². The van der Waals surface area contributed by atoms with Gasteiger partial charge in [0.05, 0.1) is 0 Å². The number of Topliss-reactive ketones (excluding diaryl/α,β-unsaturated/α-hetero) is 1. The smallest absolute Gasteiger partial charge is 0.161 e. The van der Waals surface area contributed by atoms with Gasteiger partial charge in [-0.25, -0.2) is 0 Å². The van der Waals surface area contributed by atoms with Crippen molar-refractivity contribution in [1.82, 2.24) is 0 Å². The van der Waals surface area contributed by atoms with Gasteiger partial charge in [0, 0.05) is 52.3 Å². The van der Waals surface area contributed by atoms with E-state index >= 15 is 0 Å². The number of hydrogen-bond donors (Lipinski definition) is 1. The summed E-state index contributed by atoms with van der Waals surface area (Å²) in [4.78, 5) is 13.4. The van der Waals surface area contributed by atoms with Gasteiger partial charge in [-0.1, -0.05) is 0 Å². The molecular weight excluding hydrogens is 236 g/mol.